The molecule has 1 amide bonds. The lowest BCUT2D eigenvalue weighted by molar-refractivity contribution is 0.0695. The summed E-state index contributed by atoms with van der Waals surface area (Å²) in [7, 11) is 0. The highest BCUT2D eigenvalue weighted by Gasteiger charge is 2.26. The van der Waals surface area contributed by atoms with Crippen LogP contribution in [-0.2, 0) is 0 Å². The molecule has 17 heavy (non-hydrogen) atoms. The van der Waals surface area contributed by atoms with Gasteiger partial charge in [0.15, 0.2) is 4.96 Å². The number of carbonyl (C=O) groups is 1. The summed E-state index contributed by atoms with van der Waals surface area (Å²) in [6.45, 7) is 0.486. The Kier molecular flexibility index (Phi) is 2.45. The first-order valence-corrected chi connectivity index (χ1v) is 6.18. The lowest BCUT2D eigenvalue weighted by Gasteiger charge is -2.21. The molecule has 1 unspecified atom stereocenters. The number of hydrogen-bond donors (Lipinski definition) is 1. The minimum Gasteiger partial charge on any atom is -0.394 e. The number of imidazole rings is 1. The molecule has 1 aliphatic heterocycles. The van der Waals surface area contributed by atoms with Crippen molar-refractivity contribution in [3.05, 3.63) is 35.6 Å². The smallest absolute Gasteiger partial charge is 0.274 e. The van der Waals surface area contributed by atoms with Gasteiger partial charge in [-0.2, -0.15) is 0 Å². The molecule has 6 heteroatoms. The third-order valence-electron chi connectivity index (χ3n) is 2.82. The van der Waals surface area contributed by atoms with E-state index in [1.807, 2.05) is 28.1 Å². The van der Waals surface area contributed by atoms with E-state index in [-0.39, 0.29) is 18.6 Å². The standard InChI is InChI=1S/C11H11N3O2S/c15-7-8-2-1-3-14(8)10(16)9-6-13-4-5-17-11(13)12-9/h1-2,4-6,8,15H,3,7H2. The second-order valence-corrected chi connectivity index (χ2v) is 4.73. The fraction of sp³-hybridized carbons (Fsp3) is 0.273. The van der Waals surface area contributed by atoms with Crippen LogP contribution in [0.4, 0.5) is 0 Å². The predicted octanol–water partition coefficient (Wildman–Crippen LogP) is 0.769. The molecule has 0 bridgehead atoms. The van der Waals surface area contributed by atoms with Crippen molar-refractivity contribution in [3.8, 4) is 0 Å². The van der Waals surface area contributed by atoms with E-state index in [9.17, 15) is 4.79 Å². The van der Waals surface area contributed by atoms with E-state index in [1.54, 1.807) is 11.1 Å². The predicted molar refractivity (Wildman–Crippen MR) is 64.1 cm³/mol. The molecule has 0 saturated heterocycles. The Morgan fingerprint density at radius 2 is 2.53 bits per heavy atom. The number of carbonyl (C=O) groups excluding carboxylic acids is 1. The number of aliphatic hydroxyl groups excluding tert-OH is 1. The molecule has 1 N–H and O–H groups in total. The number of thiazole rings is 1. The molecule has 1 atom stereocenters. The minimum atomic E-state index is -0.220. The Bertz CT molecular complexity index is 558. The lowest BCUT2D eigenvalue weighted by atomic mass is 10.3. The number of fused-ring (bicyclic) bond motifs is 1. The summed E-state index contributed by atoms with van der Waals surface area (Å²) >= 11 is 1.49. The Morgan fingerprint density at radius 3 is 3.29 bits per heavy atom. The molecule has 3 rings (SSSR count). The number of hydrogen-bond acceptors (Lipinski definition) is 4. The normalized spacial score (nSPS) is 19.4. The topological polar surface area (TPSA) is 57.8 Å². The third-order valence-corrected chi connectivity index (χ3v) is 3.59. The molecule has 5 nitrogen and oxygen atoms in total. The van der Waals surface area contributed by atoms with E-state index >= 15 is 0 Å². The maximum atomic E-state index is 12.2. The Morgan fingerprint density at radius 1 is 1.65 bits per heavy atom. The van der Waals surface area contributed by atoms with E-state index in [0.717, 1.165) is 4.96 Å². The van der Waals surface area contributed by atoms with E-state index < -0.39 is 0 Å². The summed E-state index contributed by atoms with van der Waals surface area (Å²) in [6.07, 6.45) is 7.32. The first kappa shape index (κ1) is 10.5. The average molecular weight is 249 g/mol. The minimum absolute atomic E-state index is 0.0511. The van der Waals surface area contributed by atoms with Crippen molar-refractivity contribution in [1.29, 1.82) is 0 Å². The van der Waals surface area contributed by atoms with E-state index in [0.29, 0.717) is 12.2 Å². The van der Waals surface area contributed by atoms with Crippen molar-refractivity contribution < 1.29 is 9.90 Å². The molecule has 2 aromatic heterocycles. The molecular formula is C11H11N3O2S. The zero-order valence-corrected chi connectivity index (χ0v) is 9.80. The maximum Gasteiger partial charge on any atom is 0.274 e. The molecule has 3 heterocycles. The zero-order chi connectivity index (χ0) is 11.8. The van der Waals surface area contributed by atoms with Crippen LogP contribution in [0, 0.1) is 0 Å². The number of nitrogens with zero attached hydrogens (tertiary/aromatic N) is 3. The van der Waals surface area contributed by atoms with Crippen LogP contribution in [-0.4, -0.2) is 44.5 Å². The van der Waals surface area contributed by atoms with Gasteiger partial charge in [0, 0.05) is 24.3 Å². The monoisotopic (exact) mass is 249 g/mol. The molecule has 0 radical (unpaired) electrons. The maximum absolute atomic E-state index is 12.2. The molecule has 2 aromatic rings. The van der Waals surface area contributed by atoms with Gasteiger partial charge in [-0.15, -0.1) is 11.3 Å². The van der Waals surface area contributed by atoms with Gasteiger partial charge in [-0.05, 0) is 0 Å². The van der Waals surface area contributed by atoms with Gasteiger partial charge in [-0.3, -0.25) is 9.20 Å². The summed E-state index contributed by atoms with van der Waals surface area (Å²) in [5.41, 5.74) is 0.430. The molecule has 1 aliphatic rings. The van der Waals surface area contributed by atoms with Crippen LogP contribution < -0.4 is 0 Å². The van der Waals surface area contributed by atoms with Crippen molar-refractivity contribution >= 4 is 22.2 Å². The van der Waals surface area contributed by atoms with Crippen LogP contribution in [0.3, 0.4) is 0 Å². The molecule has 0 spiro atoms. The highest BCUT2D eigenvalue weighted by molar-refractivity contribution is 7.15. The van der Waals surface area contributed by atoms with E-state index in [2.05, 4.69) is 4.98 Å². The fourth-order valence-corrected chi connectivity index (χ4v) is 2.64. The Balaban J connectivity index is 1.89. The van der Waals surface area contributed by atoms with Gasteiger partial charge in [0.05, 0.1) is 12.6 Å². The largest absolute Gasteiger partial charge is 0.394 e. The van der Waals surface area contributed by atoms with Gasteiger partial charge in [-0.1, -0.05) is 12.2 Å². The second-order valence-electron chi connectivity index (χ2n) is 3.85. The number of aromatic nitrogens is 2. The summed E-state index contributed by atoms with van der Waals surface area (Å²) < 4.78 is 1.83. The summed E-state index contributed by atoms with van der Waals surface area (Å²) in [4.78, 5) is 18.9. The van der Waals surface area contributed by atoms with E-state index in [1.165, 1.54) is 11.3 Å². The first-order valence-electron chi connectivity index (χ1n) is 5.30. The van der Waals surface area contributed by atoms with Crippen LogP contribution in [0.15, 0.2) is 29.9 Å². The summed E-state index contributed by atoms with van der Waals surface area (Å²) in [5.74, 6) is -0.134. The molecule has 0 saturated carbocycles. The fourth-order valence-electron chi connectivity index (χ4n) is 1.94. The van der Waals surface area contributed by atoms with Crippen LogP contribution in [0.1, 0.15) is 10.5 Å². The van der Waals surface area contributed by atoms with Gasteiger partial charge in [-0.25, -0.2) is 4.98 Å². The van der Waals surface area contributed by atoms with Gasteiger partial charge in [0.25, 0.3) is 5.91 Å². The highest BCUT2D eigenvalue weighted by Crippen LogP contribution is 2.16. The summed E-state index contributed by atoms with van der Waals surface area (Å²) in [6, 6.07) is -0.220. The van der Waals surface area contributed by atoms with Crippen LogP contribution >= 0.6 is 11.3 Å². The Labute approximate surface area is 102 Å². The van der Waals surface area contributed by atoms with Crippen LogP contribution in [0.2, 0.25) is 0 Å². The second kappa shape index (κ2) is 3.97. The van der Waals surface area contributed by atoms with Gasteiger partial charge < -0.3 is 10.0 Å². The zero-order valence-electron chi connectivity index (χ0n) is 8.98. The van der Waals surface area contributed by atoms with Gasteiger partial charge in [0.1, 0.15) is 5.69 Å². The van der Waals surface area contributed by atoms with Crippen molar-refractivity contribution in [2.24, 2.45) is 0 Å². The highest BCUT2D eigenvalue weighted by atomic mass is 32.1. The Hall–Kier alpha value is -1.66. The SMILES string of the molecule is O=C(c1cn2ccsc2n1)N1CC=CC1CO. The van der Waals surface area contributed by atoms with Crippen molar-refractivity contribution in [3.63, 3.8) is 0 Å². The quantitative estimate of drug-likeness (QED) is 0.800. The van der Waals surface area contributed by atoms with Gasteiger partial charge >= 0.3 is 0 Å². The number of rotatable bonds is 2. The van der Waals surface area contributed by atoms with Crippen molar-refractivity contribution in [1.82, 2.24) is 14.3 Å². The summed E-state index contributed by atoms with van der Waals surface area (Å²) in [5, 5.41) is 11.1. The van der Waals surface area contributed by atoms with Crippen LogP contribution in [0.5, 0.6) is 0 Å². The van der Waals surface area contributed by atoms with Gasteiger partial charge in [0.2, 0.25) is 0 Å². The lowest BCUT2D eigenvalue weighted by Crippen LogP contribution is -2.38. The number of aliphatic hydroxyl groups is 1. The number of amides is 1. The molecule has 0 aromatic carbocycles. The van der Waals surface area contributed by atoms with Crippen LogP contribution in [0.25, 0.3) is 4.96 Å². The molecular weight excluding hydrogens is 238 g/mol. The van der Waals surface area contributed by atoms with E-state index in [4.69, 9.17) is 5.11 Å². The molecule has 0 aliphatic carbocycles. The third kappa shape index (κ3) is 1.65. The molecule has 88 valence electrons. The van der Waals surface area contributed by atoms with Crippen molar-refractivity contribution in [2.45, 2.75) is 6.04 Å². The van der Waals surface area contributed by atoms with Crippen molar-refractivity contribution in [2.75, 3.05) is 13.2 Å². The average Bonchev–Trinajstić information content (AvgIpc) is 3.02. The molecule has 0 fully saturated rings. The first-order chi connectivity index (χ1) is 8.29.